The molecule has 3 rings (SSSR count). The van der Waals surface area contributed by atoms with Gasteiger partial charge < -0.3 is 10.2 Å². The van der Waals surface area contributed by atoms with E-state index in [1.54, 1.807) is 30.3 Å². The van der Waals surface area contributed by atoms with Crippen LogP contribution in [0.4, 0.5) is 0 Å². The first-order valence-corrected chi connectivity index (χ1v) is 6.53. The van der Waals surface area contributed by atoms with Crippen molar-refractivity contribution in [2.24, 2.45) is 0 Å². The van der Waals surface area contributed by atoms with E-state index in [0.29, 0.717) is 10.9 Å². The molecule has 3 aromatic rings. The lowest BCUT2D eigenvalue weighted by Crippen LogP contribution is -2.01. The van der Waals surface area contributed by atoms with Crippen molar-refractivity contribution in [1.82, 2.24) is 4.98 Å². The number of aromatic carboxylic acids is 1. The number of benzene rings is 1. The summed E-state index contributed by atoms with van der Waals surface area (Å²) in [5, 5.41) is 19.9. The van der Waals surface area contributed by atoms with E-state index in [0.717, 1.165) is 0 Å². The topological polar surface area (TPSA) is 87.5 Å². The van der Waals surface area contributed by atoms with Crippen molar-refractivity contribution < 1.29 is 15.0 Å². The second-order valence-corrected chi connectivity index (χ2v) is 4.72. The van der Waals surface area contributed by atoms with Crippen LogP contribution in [0.2, 0.25) is 0 Å². The van der Waals surface area contributed by atoms with Crippen molar-refractivity contribution in [2.75, 3.05) is 0 Å². The fraction of sp³-hybridized carbons (Fsp3) is 0. The smallest absolute Gasteiger partial charge is 0.336 e. The van der Waals surface area contributed by atoms with E-state index in [4.69, 9.17) is 0 Å². The molecule has 0 amide bonds. The maximum atomic E-state index is 11.7. The highest BCUT2D eigenvalue weighted by atomic mass is 16.4. The average molecular weight is 293 g/mol. The fourth-order valence-corrected chi connectivity index (χ4v) is 2.28. The van der Waals surface area contributed by atoms with Gasteiger partial charge in [-0.1, -0.05) is 30.3 Å². The third-order valence-corrected chi connectivity index (χ3v) is 3.33. The van der Waals surface area contributed by atoms with Gasteiger partial charge in [0, 0.05) is 10.9 Å². The molecule has 0 saturated carbocycles. The van der Waals surface area contributed by atoms with Crippen LogP contribution in [0.3, 0.4) is 0 Å². The van der Waals surface area contributed by atoms with Crippen molar-refractivity contribution in [3.05, 3.63) is 70.4 Å². The first-order valence-electron chi connectivity index (χ1n) is 6.53. The van der Waals surface area contributed by atoms with Crippen molar-refractivity contribution >= 4 is 16.9 Å². The minimum Gasteiger partial charge on any atom is -0.504 e. The lowest BCUT2D eigenvalue weighted by atomic mass is 10.0. The number of carboxylic acids is 1. The molecule has 22 heavy (non-hydrogen) atoms. The summed E-state index contributed by atoms with van der Waals surface area (Å²) >= 11 is 0. The summed E-state index contributed by atoms with van der Waals surface area (Å²) < 4.78 is 0. The molecule has 5 heteroatoms. The Kier molecular flexibility index (Phi) is 3.31. The highest BCUT2D eigenvalue weighted by Gasteiger charge is 2.14. The number of aromatic hydroxyl groups is 1. The van der Waals surface area contributed by atoms with Crippen LogP contribution >= 0.6 is 0 Å². The summed E-state index contributed by atoms with van der Waals surface area (Å²) in [6, 6.07) is 14.0. The summed E-state index contributed by atoms with van der Waals surface area (Å²) in [6.45, 7) is 0. The van der Waals surface area contributed by atoms with Crippen LogP contribution in [0.15, 0.2) is 59.4 Å². The van der Waals surface area contributed by atoms with Gasteiger partial charge in [-0.15, -0.1) is 0 Å². The number of nitrogens with zero attached hydrogens (tertiary/aromatic N) is 1. The predicted molar refractivity (Wildman–Crippen MR) is 82.1 cm³/mol. The zero-order chi connectivity index (χ0) is 15.7. The predicted octanol–water partition coefficient (Wildman–Crippen LogP) is 2.67. The largest absolute Gasteiger partial charge is 0.504 e. The van der Waals surface area contributed by atoms with Crippen molar-refractivity contribution in [1.29, 1.82) is 0 Å². The Morgan fingerprint density at radius 1 is 1.00 bits per heavy atom. The molecule has 1 heterocycles. The van der Waals surface area contributed by atoms with Crippen LogP contribution in [0.1, 0.15) is 10.4 Å². The van der Waals surface area contributed by atoms with E-state index in [9.17, 15) is 19.8 Å². The quantitative estimate of drug-likeness (QED) is 0.758. The van der Waals surface area contributed by atoms with Crippen molar-refractivity contribution in [3.8, 4) is 17.0 Å². The zero-order valence-corrected chi connectivity index (χ0v) is 11.4. The van der Waals surface area contributed by atoms with E-state index in [-0.39, 0.29) is 16.8 Å². The Labute approximate surface area is 125 Å². The first kappa shape index (κ1) is 13.8. The lowest BCUT2D eigenvalue weighted by Gasteiger charge is -2.07. The third-order valence-electron chi connectivity index (χ3n) is 3.33. The lowest BCUT2D eigenvalue weighted by molar-refractivity contribution is 0.0699. The van der Waals surface area contributed by atoms with Gasteiger partial charge in [-0.05, 0) is 24.3 Å². The summed E-state index contributed by atoms with van der Waals surface area (Å²) in [6.07, 6.45) is 0. The maximum absolute atomic E-state index is 11.7. The molecule has 2 N–H and O–H groups in total. The van der Waals surface area contributed by atoms with Crippen LogP contribution in [-0.2, 0) is 0 Å². The normalized spacial score (nSPS) is 10.5. The molecule has 0 aliphatic rings. The summed E-state index contributed by atoms with van der Waals surface area (Å²) in [5.74, 6) is -1.55. The van der Waals surface area contributed by atoms with Crippen molar-refractivity contribution in [2.45, 2.75) is 0 Å². The first-order chi connectivity index (χ1) is 10.6. The van der Waals surface area contributed by atoms with E-state index in [1.165, 1.54) is 24.3 Å². The third kappa shape index (κ3) is 2.29. The Morgan fingerprint density at radius 2 is 1.68 bits per heavy atom. The monoisotopic (exact) mass is 293 g/mol. The van der Waals surface area contributed by atoms with Gasteiger partial charge in [-0.25, -0.2) is 9.78 Å². The molecule has 0 saturated heterocycles. The molecule has 5 nitrogen and oxygen atoms in total. The van der Waals surface area contributed by atoms with Gasteiger partial charge in [0.1, 0.15) is 0 Å². The van der Waals surface area contributed by atoms with Gasteiger partial charge in [0.2, 0.25) is 5.43 Å². The number of pyridine rings is 1. The second-order valence-electron chi connectivity index (χ2n) is 4.72. The molecular formula is C17H11NO4. The van der Waals surface area contributed by atoms with Gasteiger partial charge in [-0.3, -0.25) is 4.79 Å². The molecule has 0 bridgehead atoms. The van der Waals surface area contributed by atoms with E-state index < -0.39 is 17.1 Å². The van der Waals surface area contributed by atoms with Crippen molar-refractivity contribution in [3.63, 3.8) is 0 Å². The Bertz CT molecular complexity index is 950. The Morgan fingerprint density at radius 3 is 2.45 bits per heavy atom. The van der Waals surface area contributed by atoms with Crippen LogP contribution < -0.4 is 5.43 Å². The molecule has 0 aliphatic heterocycles. The van der Waals surface area contributed by atoms with Gasteiger partial charge in [-0.2, -0.15) is 0 Å². The minimum absolute atomic E-state index is 0.0685. The van der Waals surface area contributed by atoms with E-state index in [2.05, 4.69) is 4.98 Å². The summed E-state index contributed by atoms with van der Waals surface area (Å²) in [5.41, 5.74) is 0.437. The molecule has 0 radical (unpaired) electrons. The molecule has 2 aromatic carbocycles. The molecule has 0 fully saturated rings. The molecule has 0 unspecified atom stereocenters. The van der Waals surface area contributed by atoms with Crippen LogP contribution in [-0.4, -0.2) is 21.2 Å². The van der Waals surface area contributed by atoms with Gasteiger partial charge >= 0.3 is 5.97 Å². The maximum Gasteiger partial charge on any atom is 0.336 e. The van der Waals surface area contributed by atoms with Gasteiger partial charge in [0.15, 0.2) is 5.75 Å². The number of para-hydroxylation sites is 1. The summed E-state index contributed by atoms with van der Waals surface area (Å²) in [7, 11) is 0. The van der Waals surface area contributed by atoms with Gasteiger partial charge in [0.25, 0.3) is 0 Å². The van der Waals surface area contributed by atoms with Crippen LogP contribution in [0, 0.1) is 0 Å². The molecule has 0 aliphatic carbocycles. The molecule has 0 atom stereocenters. The molecular weight excluding hydrogens is 282 g/mol. The molecule has 0 spiro atoms. The number of rotatable bonds is 2. The zero-order valence-electron chi connectivity index (χ0n) is 11.4. The number of carboxylic acid groups (broad SMARTS) is 1. The second kappa shape index (κ2) is 5.29. The number of hydrogen-bond acceptors (Lipinski definition) is 4. The highest BCUT2D eigenvalue weighted by Crippen LogP contribution is 2.28. The summed E-state index contributed by atoms with van der Waals surface area (Å²) in [4.78, 5) is 27.5. The molecule has 1 aromatic heterocycles. The SMILES string of the molecule is O=C(O)c1cc(-c2ccccc(=O)c2O)nc2ccccc12. The number of hydrogen-bond donors (Lipinski definition) is 2. The van der Waals surface area contributed by atoms with Crippen LogP contribution in [0.5, 0.6) is 5.75 Å². The highest BCUT2D eigenvalue weighted by molar-refractivity contribution is 6.03. The average Bonchev–Trinajstić information content (AvgIpc) is 2.68. The van der Waals surface area contributed by atoms with E-state index in [1.807, 2.05) is 0 Å². The number of carbonyl (C=O) groups is 1. The Hall–Kier alpha value is -3.21. The van der Waals surface area contributed by atoms with E-state index >= 15 is 0 Å². The van der Waals surface area contributed by atoms with Gasteiger partial charge in [0.05, 0.1) is 16.8 Å². The molecule has 108 valence electrons. The number of aromatic nitrogens is 1. The van der Waals surface area contributed by atoms with Crippen LogP contribution in [0.25, 0.3) is 22.2 Å². The minimum atomic E-state index is -1.10. The number of fused-ring (bicyclic) bond motifs is 1. The fourth-order valence-electron chi connectivity index (χ4n) is 2.28. The Balaban J connectivity index is 2.39. The standard InChI is InChI=1S/C17H11NO4/c19-15-8-4-2-6-11(16(15)20)14-9-12(17(21)22)10-5-1-3-7-13(10)18-14/h1-9H,(H,19,20)(H,21,22).